The average Bonchev–Trinajstić information content (AvgIpc) is 2.83. The third kappa shape index (κ3) is 4.01. The first-order chi connectivity index (χ1) is 15.9. The van der Waals surface area contributed by atoms with Gasteiger partial charge >= 0.3 is 0 Å². The molecular formula is C25H24FN3O4. The van der Waals surface area contributed by atoms with Crippen molar-refractivity contribution in [3.8, 4) is 5.75 Å². The second-order valence-corrected chi connectivity index (χ2v) is 8.76. The second-order valence-electron chi connectivity index (χ2n) is 8.76. The maximum atomic E-state index is 13.5. The van der Waals surface area contributed by atoms with Crippen LogP contribution in [-0.2, 0) is 11.3 Å². The predicted molar refractivity (Wildman–Crippen MR) is 120 cm³/mol. The highest BCUT2D eigenvalue weighted by molar-refractivity contribution is 6.00. The zero-order valence-electron chi connectivity index (χ0n) is 18.3. The van der Waals surface area contributed by atoms with Crippen LogP contribution >= 0.6 is 0 Å². The van der Waals surface area contributed by atoms with Crippen LogP contribution in [0.1, 0.15) is 35.3 Å². The lowest BCUT2D eigenvalue weighted by Crippen LogP contribution is -2.48. The molecule has 1 saturated heterocycles. The van der Waals surface area contributed by atoms with Gasteiger partial charge in [0.05, 0.1) is 16.6 Å². The Morgan fingerprint density at radius 1 is 1.18 bits per heavy atom. The summed E-state index contributed by atoms with van der Waals surface area (Å²) in [4.78, 5) is 40.2. The van der Waals surface area contributed by atoms with E-state index in [1.54, 1.807) is 17.0 Å². The smallest absolute Gasteiger partial charge is 0.275 e. The summed E-state index contributed by atoms with van der Waals surface area (Å²) in [6.07, 6.45) is 1.40. The fraction of sp³-hybridized carbons (Fsp3) is 0.360. The number of hydrogen-bond acceptors (Lipinski definition) is 5. The zero-order chi connectivity index (χ0) is 23.1. The molecule has 170 valence electrons. The molecule has 33 heavy (non-hydrogen) atoms. The van der Waals surface area contributed by atoms with Crippen molar-refractivity contribution in [1.82, 2.24) is 14.7 Å². The van der Waals surface area contributed by atoms with Crippen LogP contribution in [0.4, 0.5) is 4.39 Å². The monoisotopic (exact) mass is 449 g/mol. The normalized spacial score (nSPS) is 20.4. The van der Waals surface area contributed by atoms with Gasteiger partial charge in [-0.3, -0.25) is 14.4 Å². The van der Waals surface area contributed by atoms with E-state index in [1.165, 1.54) is 22.9 Å². The Kier molecular flexibility index (Phi) is 5.44. The topological polar surface area (TPSA) is 81.5 Å². The van der Waals surface area contributed by atoms with E-state index >= 15 is 0 Å². The molecule has 0 saturated carbocycles. The van der Waals surface area contributed by atoms with Crippen molar-refractivity contribution < 1.29 is 18.7 Å². The van der Waals surface area contributed by atoms with Crippen molar-refractivity contribution >= 4 is 22.5 Å². The molecule has 2 aliphatic heterocycles. The van der Waals surface area contributed by atoms with E-state index in [0.29, 0.717) is 29.9 Å². The van der Waals surface area contributed by atoms with Crippen molar-refractivity contribution in [2.24, 2.45) is 5.92 Å². The zero-order valence-corrected chi connectivity index (χ0v) is 18.3. The fourth-order valence-corrected chi connectivity index (χ4v) is 4.86. The van der Waals surface area contributed by atoms with E-state index in [1.807, 2.05) is 19.1 Å². The van der Waals surface area contributed by atoms with Crippen LogP contribution in [0.15, 0.2) is 47.3 Å². The number of aryl methyl sites for hydroxylation is 1. The van der Waals surface area contributed by atoms with Gasteiger partial charge in [-0.15, -0.1) is 0 Å². The number of benzene rings is 2. The number of likely N-dealkylation sites (tertiary alicyclic amines) is 1. The number of carbonyl (C=O) groups excluding carboxylic acids is 2. The quantitative estimate of drug-likeness (QED) is 0.614. The number of piperidine rings is 1. The third-order valence-electron chi connectivity index (χ3n) is 6.58. The minimum Gasteiger partial charge on any atom is -0.489 e. The van der Waals surface area contributed by atoms with Crippen LogP contribution < -0.4 is 10.3 Å². The van der Waals surface area contributed by atoms with E-state index in [4.69, 9.17) is 4.74 Å². The van der Waals surface area contributed by atoms with E-state index < -0.39 is 5.82 Å². The summed E-state index contributed by atoms with van der Waals surface area (Å²) in [5, 5.41) is 5.66. The summed E-state index contributed by atoms with van der Waals surface area (Å²) in [6.45, 7) is 2.71. The molecule has 0 N–H and O–H groups in total. The molecule has 7 nitrogen and oxygen atoms in total. The molecule has 2 atom stereocenters. The van der Waals surface area contributed by atoms with Crippen molar-refractivity contribution in [3.05, 3.63) is 69.9 Å². The Bertz CT molecular complexity index is 1320. The van der Waals surface area contributed by atoms with Gasteiger partial charge in [0.25, 0.3) is 5.56 Å². The number of halogens is 1. The SMILES string of the molecule is Cc1nn(CC(=O)N2CCCC(C3CC(=O)c4cc(F)ccc4O3)C2)c(=O)c2ccccc12. The number of aromatic nitrogens is 2. The van der Waals surface area contributed by atoms with Gasteiger partial charge in [0.15, 0.2) is 5.78 Å². The van der Waals surface area contributed by atoms with Gasteiger partial charge in [0.2, 0.25) is 5.91 Å². The summed E-state index contributed by atoms with van der Waals surface area (Å²) in [5.74, 6) is -0.428. The molecule has 3 aromatic rings. The average molecular weight is 449 g/mol. The second kappa shape index (κ2) is 8.42. The fourth-order valence-electron chi connectivity index (χ4n) is 4.86. The standard InChI is InChI=1S/C25H24FN3O4/c1-15-18-6-2-3-7-19(18)25(32)29(27-15)14-24(31)28-10-4-5-16(13-28)23-12-21(30)20-11-17(26)8-9-22(20)33-23/h2-3,6-9,11,16,23H,4-5,10,12-14H2,1H3. The maximum Gasteiger partial charge on any atom is 0.275 e. The molecular weight excluding hydrogens is 425 g/mol. The molecule has 3 heterocycles. The van der Waals surface area contributed by atoms with Gasteiger partial charge in [-0.25, -0.2) is 9.07 Å². The summed E-state index contributed by atoms with van der Waals surface area (Å²) in [5.41, 5.74) is 0.675. The number of nitrogens with zero attached hydrogens (tertiary/aromatic N) is 3. The lowest BCUT2D eigenvalue weighted by atomic mass is 9.87. The number of rotatable bonds is 3. The van der Waals surface area contributed by atoms with Gasteiger partial charge in [-0.05, 0) is 44.0 Å². The number of hydrogen-bond donors (Lipinski definition) is 0. The van der Waals surface area contributed by atoms with Crippen molar-refractivity contribution in [2.45, 2.75) is 38.8 Å². The van der Waals surface area contributed by atoms with Gasteiger partial charge < -0.3 is 9.64 Å². The summed E-state index contributed by atoms with van der Waals surface area (Å²) in [6, 6.07) is 11.2. The molecule has 2 aliphatic rings. The first-order valence-electron chi connectivity index (χ1n) is 11.1. The molecule has 5 rings (SSSR count). The van der Waals surface area contributed by atoms with E-state index in [9.17, 15) is 18.8 Å². The Morgan fingerprint density at radius 3 is 2.79 bits per heavy atom. The molecule has 0 spiro atoms. The molecule has 1 amide bonds. The summed E-state index contributed by atoms with van der Waals surface area (Å²) >= 11 is 0. The molecule has 0 radical (unpaired) electrons. The predicted octanol–water partition coefficient (Wildman–Crippen LogP) is 3.12. The summed E-state index contributed by atoms with van der Waals surface area (Å²) in [7, 11) is 0. The number of carbonyl (C=O) groups is 2. The lowest BCUT2D eigenvalue weighted by molar-refractivity contribution is -0.134. The van der Waals surface area contributed by atoms with Crippen LogP contribution in [0.5, 0.6) is 5.75 Å². The number of ketones is 1. The number of ether oxygens (including phenoxy) is 1. The highest BCUT2D eigenvalue weighted by atomic mass is 19.1. The lowest BCUT2D eigenvalue weighted by Gasteiger charge is -2.38. The Labute approximate surface area is 189 Å². The van der Waals surface area contributed by atoms with Crippen molar-refractivity contribution in [3.63, 3.8) is 0 Å². The van der Waals surface area contributed by atoms with Gasteiger partial charge in [0.1, 0.15) is 24.2 Å². The number of fused-ring (bicyclic) bond motifs is 2. The van der Waals surface area contributed by atoms with E-state index in [2.05, 4.69) is 5.10 Å². The first-order valence-corrected chi connectivity index (χ1v) is 11.1. The molecule has 2 unspecified atom stereocenters. The highest BCUT2D eigenvalue weighted by Crippen LogP contribution is 2.33. The van der Waals surface area contributed by atoms with Crippen LogP contribution in [0.3, 0.4) is 0 Å². The van der Waals surface area contributed by atoms with Crippen molar-refractivity contribution in [1.29, 1.82) is 0 Å². The van der Waals surface area contributed by atoms with E-state index in [-0.39, 0.29) is 47.8 Å². The molecule has 2 aromatic carbocycles. The van der Waals surface area contributed by atoms with E-state index in [0.717, 1.165) is 18.2 Å². The minimum atomic E-state index is -0.466. The van der Waals surface area contributed by atoms with Crippen molar-refractivity contribution in [2.75, 3.05) is 13.1 Å². The number of amides is 1. The van der Waals surface area contributed by atoms with Crippen LogP contribution in [0, 0.1) is 18.7 Å². The molecule has 0 bridgehead atoms. The summed E-state index contributed by atoms with van der Waals surface area (Å²) < 4.78 is 20.8. The van der Waals surface area contributed by atoms with Gasteiger partial charge in [-0.2, -0.15) is 5.10 Å². The number of Topliss-reactive ketones (excluding diaryl/α,β-unsaturated/α-hetero) is 1. The molecule has 8 heteroatoms. The highest BCUT2D eigenvalue weighted by Gasteiger charge is 2.36. The Morgan fingerprint density at radius 2 is 1.97 bits per heavy atom. The largest absolute Gasteiger partial charge is 0.489 e. The van der Waals surface area contributed by atoms with Gasteiger partial charge in [-0.1, -0.05) is 18.2 Å². The Balaban J connectivity index is 1.31. The van der Waals surface area contributed by atoms with Gasteiger partial charge in [0, 0.05) is 30.8 Å². The molecule has 1 aromatic heterocycles. The minimum absolute atomic E-state index is 0.0205. The van der Waals surface area contributed by atoms with Crippen LogP contribution in [0.2, 0.25) is 0 Å². The first kappa shape index (κ1) is 21.3. The Hall–Kier alpha value is -3.55. The third-order valence-corrected chi connectivity index (χ3v) is 6.58. The van der Waals surface area contributed by atoms with Crippen LogP contribution in [-0.4, -0.2) is 45.6 Å². The molecule has 1 fully saturated rings. The maximum absolute atomic E-state index is 13.5. The molecule has 0 aliphatic carbocycles. The van der Waals surface area contributed by atoms with Crippen LogP contribution in [0.25, 0.3) is 10.8 Å².